The summed E-state index contributed by atoms with van der Waals surface area (Å²) in [6.07, 6.45) is 4.11. The number of anilines is 1. The fraction of sp³-hybridized carbons (Fsp3) is 0.375. The number of amides is 1. The first kappa shape index (κ1) is 16.2. The largest absolute Gasteiger partial charge is 0.484 e. The summed E-state index contributed by atoms with van der Waals surface area (Å²) in [7, 11) is 0. The van der Waals surface area contributed by atoms with Crippen molar-refractivity contribution in [3.63, 3.8) is 0 Å². The first-order valence-electron chi connectivity index (χ1n) is 7.55. The molecule has 0 aliphatic carbocycles. The van der Waals surface area contributed by atoms with Crippen LogP contribution in [0.15, 0.2) is 30.5 Å². The van der Waals surface area contributed by atoms with E-state index in [0.29, 0.717) is 21.8 Å². The molecule has 1 aromatic heterocycles. The highest BCUT2D eigenvalue weighted by Gasteiger charge is 2.18. The molecule has 0 atom stereocenters. The van der Waals surface area contributed by atoms with Gasteiger partial charge in [0, 0.05) is 16.1 Å². The Morgan fingerprint density at radius 1 is 1.43 bits per heavy atom. The Hall–Kier alpha value is -1.63. The minimum atomic E-state index is -0.226. The summed E-state index contributed by atoms with van der Waals surface area (Å²) in [6, 6.07) is 6.97. The van der Waals surface area contributed by atoms with Gasteiger partial charge in [-0.25, -0.2) is 4.98 Å². The molecule has 0 radical (unpaired) electrons. The third kappa shape index (κ3) is 4.67. The van der Waals surface area contributed by atoms with E-state index in [1.165, 1.54) is 4.88 Å². The Kier molecular flexibility index (Phi) is 5.48. The molecule has 1 saturated heterocycles. The number of piperidine rings is 1. The maximum atomic E-state index is 11.9. The van der Waals surface area contributed by atoms with Gasteiger partial charge in [0.05, 0.1) is 0 Å². The van der Waals surface area contributed by atoms with Crippen LogP contribution in [0, 0.1) is 0 Å². The molecular formula is C16H18ClN3O2S. The second kappa shape index (κ2) is 7.77. The van der Waals surface area contributed by atoms with E-state index in [1.54, 1.807) is 35.6 Å². The number of ether oxygens (including phenoxy) is 1. The van der Waals surface area contributed by atoms with Gasteiger partial charge in [-0.2, -0.15) is 0 Å². The van der Waals surface area contributed by atoms with Gasteiger partial charge in [0.15, 0.2) is 11.7 Å². The number of carbonyl (C=O) groups excluding carboxylic acids is 1. The van der Waals surface area contributed by atoms with E-state index in [4.69, 9.17) is 16.3 Å². The Morgan fingerprint density at radius 2 is 2.26 bits per heavy atom. The first-order valence-corrected chi connectivity index (χ1v) is 8.75. The number of benzene rings is 1. The smallest absolute Gasteiger partial charge is 0.264 e. The summed E-state index contributed by atoms with van der Waals surface area (Å²) in [5.74, 6) is 0.889. The monoisotopic (exact) mass is 351 g/mol. The van der Waals surface area contributed by atoms with E-state index < -0.39 is 0 Å². The van der Waals surface area contributed by atoms with Crippen LogP contribution < -0.4 is 15.4 Å². The van der Waals surface area contributed by atoms with Crippen LogP contribution in [0.25, 0.3) is 0 Å². The van der Waals surface area contributed by atoms with Crippen molar-refractivity contribution in [1.29, 1.82) is 0 Å². The number of thiazole rings is 1. The van der Waals surface area contributed by atoms with Crippen molar-refractivity contribution < 1.29 is 9.53 Å². The molecule has 23 heavy (non-hydrogen) atoms. The number of hydrogen-bond donors (Lipinski definition) is 2. The van der Waals surface area contributed by atoms with Gasteiger partial charge in [0.1, 0.15) is 5.75 Å². The van der Waals surface area contributed by atoms with E-state index in [1.807, 2.05) is 6.20 Å². The Labute approximate surface area is 144 Å². The predicted octanol–water partition coefficient (Wildman–Crippen LogP) is 3.28. The van der Waals surface area contributed by atoms with Crippen LogP contribution >= 0.6 is 22.9 Å². The minimum absolute atomic E-state index is 0.0669. The summed E-state index contributed by atoms with van der Waals surface area (Å²) in [6.45, 7) is 2.01. The normalized spacial score (nSPS) is 15.3. The van der Waals surface area contributed by atoms with Gasteiger partial charge in [-0.15, -0.1) is 11.3 Å². The molecule has 1 aromatic carbocycles. The minimum Gasteiger partial charge on any atom is -0.484 e. The fourth-order valence-electron chi connectivity index (χ4n) is 2.50. The number of carbonyl (C=O) groups is 1. The number of rotatable bonds is 5. The van der Waals surface area contributed by atoms with Crippen molar-refractivity contribution in [3.8, 4) is 5.75 Å². The molecule has 1 aliphatic heterocycles. The van der Waals surface area contributed by atoms with Crippen molar-refractivity contribution in [2.75, 3.05) is 25.0 Å². The van der Waals surface area contributed by atoms with E-state index in [-0.39, 0.29) is 12.5 Å². The Balaban J connectivity index is 1.50. The van der Waals surface area contributed by atoms with E-state index in [2.05, 4.69) is 15.6 Å². The summed E-state index contributed by atoms with van der Waals surface area (Å²) in [4.78, 5) is 17.5. The highest BCUT2D eigenvalue weighted by molar-refractivity contribution is 7.15. The average molecular weight is 352 g/mol. The van der Waals surface area contributed by atoms with Gasteiger partial charge in [0.2, 0.25) is 0 Å². The third-order valence-corrected chi connectivity index (χ3v) is 4.99. The number of nitrogens with one attached hydrogen (secondary N) is 2. The number of nitrogens with zero attached hydrogens (tertiary/aromatic N) is 1. The van der Waals surface area contributed by atoms with Gasteiger partial charge in [-0.3, -0.25) is 10.1 Å². The molecule has 0 spiro atoms. The molecule has 2 aromatic rings. The molecule has 122 valence electrons. The summed E-state index contributed by atoms with van der Waals surface area (Å²) in [5, 5.41) is 7.33. The topological polar surface area (TPSA) is 63.2 Å². The van der Waals surface area contributed by atoms with Crippen LogP contribution in [-0.4, -0.2) is 30.6 Å². The summed E-state index contributed by atoms with van der Waals surface area (Å²) >= 11 is 7.42. The molecule has 2 N–H and O–H groups in total. The maximum Gasteiger partial charge on any atom is 0.264 e. The first-order chi connectivity index (χ1) is 11.2. The van der Waals surface area contributed by atoms with E-state index in [9.17, 15) is 4.79 Å². The van der Waals surface area contributed by atoms with Crippen LogP contribution in [-0.2, 0) is 4.79 Å². The Morgan fingerprint density at radius 3 is 3.04 bits per heavy atom. The fourth-order valence-corrected chi connectivity index (χ4v) is 3.68. The molecule has 3 rings (SSSR count). The summed E-state index contributed by atoms with van der Waals surface area (Å²) < 4.78 is 5.42. The zero-order valence-electron chi connectivity index (χ0n) is 12.5. The van der Waals surface area contributed by atoms with Crippen LogP contribution in [0.1, 0.15) is 23.6 Å². The average Bonchev–Trinajstić information content (AvgIpc) is 3.02. The molecule has 0 bridgehead atoms. The van der Waals surface area contributed by atoms with Gasteiger partial charge < -0.3 is 10.1 Å². The lowest BCUT2D eigenvalue weighted by atomic mass is 9.97. The second-order valence-corrected chi connectivity index (χ2v) is 6.88. The van der Waals surface area contributed by atoms with Gasteiger partial charge in [-0.05, 0) is 50.0 Å². The highest BCUT2D eigenvalue weighted by Crippen LogP contribution is 2.31. The van der Waals surface area contributed by atoms with Gasteiger partial charge >= 0.3 is 0 Å². The van der Waals surface area contributed by atoms with Gasteiger partial charge in [0.25, 0.3) is 5.91 Å². The number of aromatic nitrogens is 1. The van der Waals surface area contributed by atoms with Crippen LogP contribution in [0.5, 0.6) is 5.75 Å². The molecule has 0 unspecified atom stereocenters. The molecule has 5 nitrogen and oxygen atoms in total. The lowest BCUT2D eigenvalue weighted by Crippen LogP contribution is -2.26. The molecule has 1 aliphatic rings. The van der Waals surface area contributed by atoms with Gasteiger partial charge in [-0.1, -0.05) is 17.7 Å². The molecule has 1 fully saturated rings. The molecule has 7 heteroatoms. The zero-order chi connectivity index (χ0) is 16.1. The molecule has 2 heterocycles. The van der Waals surface area contributed by atoms with Crippen molar-refractivity contribution >= 4 is 34.0 Å². The van der Waals surface area contributed by atoms with E-state index in [0.717, 1.165) is 25.9 Å². The zero-order valence-corrected chi connectivity index (χ0v) is 14.1. The molecular weight excluding hydrogens is 334 g/mol. The maximum absolute atomic E-state index is 11.9. The summed E-state index contributed by atoms with van der Waals surface area (Å²) in [5.41, 5.74) is 0. The standard InChI is InChI=1S/C16H18ClN3O2S/c17-12-2-1-3-13(8-12)22-10-15(21)20-16-19-9-14(23-16)11-4-6-18-7-5-11/h1-3,8-9,11,18H,4-7,10H2,(H,19,20,21). The second-order valence-electron chi connectivity index (χ2n) is 5.39. The molecule has 0 saturated carbocycles. The van der Waals surface area contributed by atoms with Crippen LogP contribution in [0.3, 0.4) is 0 Å². The lowest BCUT2D eigenvalue weighted by Gasteiger charge is -2.20. The quantitative estimate of drug-likeness (QED) is 0.867. The highest BCUT2D eigenvalue weighted by atomic mass is 35.5. The van der Waals surface area contributed by atoms with Crippen LogP contribution in [0.2, 0.25) is 5.02 Å². The molecule has 1 amide bonds. The van der Waals surface area contributed by atoms with Crippen molar-refractivity contribution in [3.05, 3.63) is 40.4 Å². The van der Waals surface area contributed by atoms with Crippen molar-refractivity contribution in [2.24, 2.45) is 0 Å². The van der Waals surface area contributed by atoms with Crippen LogP contribution in [0.4, 0.5) is 5.13 Å². The van der Waals surface area contributed by atoms with Crippen molar-refractivity contribution in [2.45, 2.75) is 18.8 Å². The third-order valence-electron chi connectivity index (χ3n) is 3.68. The number of halogens is 1. The Bertz CT molecular complexity index is 671. The predicted molar refractivity (Wildman–Crippen MR) is 92.5 cm³/mol. The SMILES string of the molecule is O=C(COc1cccc(Cl)c1)Nc1ncc(C2CCNCC2)s1. The number of hydrogen-bond acceptors (Lipinski definition) is 5. The van der Waals surface area contributed by atoms with E-state index >= 15 is 0 Å². The lowest BCUT2D eigenvalue weighted by molar-refractivity contribution is -0.118. The van der Waals surface area contributed by atoms with Crippen molar-refractivity contribution in [1.82, 2.24) is 10.3 Å².